The topological polar surface area (TPSA) is 130 Å². The highest BCUT2D eigenvalue weighted by Gasteiger charge is 2.27. The summed E-state index contributed by atoms with van der Waals surface area (Å²) >= 11 is 0. The van der Waals surface area contributed by atoms with Crippen LogP contribution < -0.4 is 10.6 Å². The highest BCUT2D eigenvalue weighted by molar-refractivity contribution is 6.03. The lowest BCUT2D eigenvalue weighted by atomic mass is 9.97. The van der Waals surface area contributed by atoms with Crippen LogP contribution in [0.3, 0.4) is 0 Å². The van der Waals surface area contributed by atoms with Gasteiger partial charge in [-0.3, -0.25) is 14.8 Å². The summed E-state index contributed by atoms with van der Waals surface area (Å²) in [6.07, 6.45) is 16.8. The van der Waals surface area contributed by atoms with Gasteiger partial charge < -0.3 is 15.6 Å². The highest BCUT2D eigenvalue weighted by atomic mass is 19.1. The monoisotopic (exact) mass is 582 g/mol. The number of nitrogen functional groups attached to an aromatic ring is 1. The van der Waals surface area contributed by atoms with E-state index < -0.39 is 24.8 Å². The normalized spacial score (nSPS) is 20.2. The van der Waals surface area contributed by atoms with Crippen LogP contribution in [0.4, 0.5) is 16.0 Å². The molecular weight excluding hydrogens is 547 g/mol. The molecule has 0 spiro atoms. The van der Waals surface area contributed by atoms with E-state index in [4.69, 9.17) is 10.5 Å². The largest absolute Gasteiger partial charge is 0.501 e. The van der Waals surface area contributed by atoms with Crippen molar-refractivity contribution < 1.29 is 19.0 Å². The van der Waals surface area contributed by atoms with Crippen LogP contribution in [0.5, 0.6) is 0 Å². The Morgan fingerprint density at radius 1 is 1.28 bits per heavy atom. The summed E-state index contributed by atoms with van der Waals surface area (Å²) in [4.78, 5) is 23.8. The molecule has 1 aliphatic heterocycles. The van der Waals surface area contributed by atoms with E-state index in [1.54, 1.807) is 31.5 Å². The van der Waals surface area contributed by atoms with Crippen LogP contribution >= 0.6 is 0 Å². The Hall–Kier alpha value is -4.83. The average molecular weight is 583 g/mol. The Labute approximate surface area is 249 Å². The maximum Gasteiger partial charge on any atom is 0.237 e. The van der Waals surface area contributed by atoms with Crippen molar-refractivity contribution in [3.8, 4) is 11.3 Å². The van der Waals surface area contributed by atoms with Crippen LogP contribution in [0.1, 0.15) is 50.8 Å². The molecule has 9 nitrogen and oxygen atoms in total. The van der Waals surface area contributed by atoms with Crippen molar-refractivity contribution in [3.63, 3.8) is 0 Å². The van der Waals surface area contributed by atoms with Crippen molar-refractivity contribution >= 4 is 34.1 Å². The molecular formula is C33H35FN6O3. The first kappa shape index (κ1) is 29.7. The molecule has 5 rings (SSSR count). The molecule has 1 aliphatic carbocycles. The number of carbonyl (C=O) groups is 1. The predicted molar refractivity (Wildman–Crippen MR) is 167 cm³/mol. The molecule has 0 atom stereocenters. The van der Waals surface area contributed by atoms with Gasteiger partial charge in [0.25, 0.3) is 0 Å². The van der Waals surface area contributed by atoms with E-state index in [1.807, 2.05) is 50.3 Å². The SMILES string of the molecule is C\C=C/C=C\C(=C(/C)OC)c1[nH]nc2nc(N)nc(-c3cccc(N4/C=C\C/C=C(C5CC5)\C=C(\F)CC4=O)c3CO)c12. The smallest absolute Gasteiger partial charge is 0.237 e. The van der Waals surface area contributed by atoms with Gasteiger partial charge in [-0.05, 0) is 62.8 Å². The molecule has 0 saturated heterocycles. The zero-order valence-corrected chi connectivity index (χ0v) is 24.5. The number of H-pyrrole nitrogens is 1. The number of hydrogen-bond acceptors (Lipinski definition) is 7. The fraction of sp³-hybridized carbons (Fsp3) is 0.273. The quantitative estimate of drug-likeness (QED) is 0.206. The first-order valence-corrected chi connectivity index (χ1v) is 14.2. The van der Waals surface area contributed by atoms with Gasteiger partial charge in [0.1, 0.15) is 11.6 Å². The second-order valence-electron chi connectivity index (χ2n) is 10.4. The zero-order chi connectivity index (χ0) is 30.5. The summed E-state index contributed by atoms with van der Waals surface area (Å²) in [5.74, 6) is 0.0443. The number of aliphatic hydroxyl groups excluding tert-OH is 1. The lowest BCUT2D eigenvalue weighted by Gasteiger charge is -2.23. The Bertz CT molecular complexity index is 1730. The minimum absolute atomic E-state index is 0.00581. The maximum atomic E-state index is 15.0. The molecule has 2 aliphatic rings. The van der Waals surface area contributed by atoms with Crippen molar-refractivity contribution in [1.29, 1.82) is 0 Å². The van der Waals surface area contributed by atoms with Crippen LogP contribution in [0.2, 0.25) is 0 Å². The van der Waals surface area contributed by atoms with E-state index in [0.717, 1.165) is 24.0 Å². The fourth-order valence-corrected chi connectivity index (χ4v) is 5.16. The third-order valence-electron chi connectivity index (χ3n) is 7.48. The lowest BCUT2D eigenvalue weighted by molar-refractivity contribution is -0.117. The van der Waals surface area contributed by atoms with E-state index in [9.17, 15) is 14.3 Å². The fourth-order valence-electron chi connectivity index (χ4n) is 5.16. The lowest BCUT2D eigenvalue weighted by Crippen LogP contribution is -2.26. The van der Waals surface area contributed by atoms with Crippen LogP contribution in [-0.2, 0) is 16.1 Å². The first-order valence-electron chi connectivity index (χ1n) is 14.2. The number of nitrogens with zero attached hydrogens (tertiary/aromatic N) is 4. The Morgan fingerprint density at radius 3 is 2.81 bits per heavy atom. The van der Waals surface area contributed by atoms with Gasteiger partial charge in [0.05, 0.1) is 42.6 Å². The number of rotatable bonds is 8. The molecule has 43 heavy (non-hydrogen) atoms. The number of aromatic nitrogens is 4. The molecule has 0 unspecified atom stereocenters. The third kappa shape index (κ3) is 6.34. The number of ether oxygens (including phenoxy) is 1. The number of nitrogens with one attached hydrogen (secondary N) is 1. The van der Waals surface area contributed by atoms with E-state index in [-0.39, 0.29) is 5.95 Å². The molecule has 10 heteroatoms. The number of allylic oxidation sites excluding steroid dienone is 10. The van der Waals surface area contributed by atoms with Gasteiger partial charge in [0.2, 0.25) is 11.9 Å². The minimum Gasteiger partial charge on any atom is -0.501 e. The third-order valence-corrected chi connectivity index (χ3v) is 7.48. The molecule has 4 N–H and O–H groups in total. The van der Waals surface area contributed by atoms with Gasteiger partial charge in [-0.1, -0.05) is 42.5 Å². The Kier molecular flexibility index (Phi) is 8.96. The summed E-state index contributed by atoms with van der Waals surface area (Å²) in [5, 5.41) is 18.7. The van der Waals surface area contributed by atoms with Crippen LogP contribution in [0, 0.1) is 5.92 Å². The Morgan fingerprint density at radius 2 is 2.09 bits per heavy atom. The number of aromatic amines is 1. The maximum absolute atomic E-state index is 15.0. The van der Waals surface area contributed by atoms with E-state index >= 15 is 0 Å². The Balaban J connectivity index is 1.66. The van der Waals surface area contributed by atoms with Crippen molar-refractivity contribution in [1.82, 2.24) is 20.2 Å². The number of hydrogen-bond donors (Lipinski definition) is 3. The summed E-state index contributed by atoms with van der Waals surface area (Å²) in [6, 6.07) is 5.26. The number of halogens is 1. The number of fused-ring (bicyclic) bond motifs is 1. The highest BCUT2D eigenvalue weighted by Crippen LogP contribution is 2.40. The number of anilines is 2. The van der Waals surface area contributed by atoms with E-state index in [1.165, 1.54) is 11.0 Å². The van der Waals surface area contributed by atoms with E-state index in [0.29, 0.717) is 57.3 Å². The average Bonchev–Trinajstić information content (AvgIpc) is 3.77. The van der Waals surface area contributed by atoms with Crippen LogP contribution in [0.25, 0.3) is 27.9 Å². The number of amides is 1. The molecule has 1 aromatic carbocycles. The molecule has 3 aromatic rings. The summed E-state index contributed by atoms with van der Waals surface area (Å²) in [7, 11) is 1.58. The molecule has 1 saturated carbocycles. The molecule has 222 valence electrons. The number of benzene rings is 1. The molecule has 2 aromatic heterocycles. The van der Waals surface area contributed by atoms with E-state index in [2.05, 4.69) is 20.2 Å². The molecule has 0 radical (unpaired) electrons. The van der Waals surface area contributed by atoms with Gasteiger partial charge in [-0.25, -0.2) is 9.37 Å². The number of methoxy groups -OCH3 is 1. The van der Waals surface area contributed by atoms with Crippen LogP contribution in [0.15, 0.2) is 84.1 Å². The number of nitrogens with two attached hydrogens (primary N) is 1. The zero-order valence-electron chi connectivity index (χ0n) is 24.5. The van der Waals surface area contributed by atoms with Gasteiger partial charge in [0, 0.05) is 22.9 Å². The van der Waals surface area contributed by atoms with Gasteiger partial charge in [-0.2, -0.15) is 10.1 Å². The summed E-state index contributed by atoms with van der Waals surface area (Å²) in [5.41, 5.74) is 10.5. The summed E-state index contributed by atoms with van der Waals surface area (Å²) < 4.78 is 20.6. The first-order chi connectivity index (χ1) is 20.9. The van der Waals surface area contributed by atoms with Crippen molar-refractivity contribution in [2.24, 2.45) is 5.92 Å². The second kappa shape index (κ2) is 13.0. The molecule has 0 bridgehead atoms. The minimum atomic E-state index is -0.489. The van der Waals surface area contributed by atoms with Gasteiger partial charge in [0.15, 0.2) is 5.65 Å². The molecule has 1 amide bonds. The molecule has 1 fully saturated rings. The van der Waals surface area contributed by atoms with Gasteiger partial charge in [-0.15, -0.1) is 0 Å². The predicted octanol–water partition coefficient (Wildman–Crippen LogP) is 6.43. The van der Waals surface area contributed by atoms with Crippen molar-refractivity contribution in [3.05, 3.63) is 95.3 Å². The number of aliphatic hydroxyl groups is 1. The molecule has 3 heterocycles. The standard InChI is InChI=1S/C33H35FN6O3/c1-4-5-6-11-24(20(2)43-3)31-29-30(36-33(35)37-32(29)39-38-31)25-12-9-13-27(26(25)19-41)40-16-8-7-10-22(21-14-15-21)17-23(34)18-28(40)42/h4-6,8-13,16-17,21,41H,7,14-15,18-19H2,1-3H3,(H3,35,36,37,38,39)/b5-4-,11-6-,16-8-,22-10+,23-17+,24-20-. The summed E-state index contributed by atoms with van der Waals surface area (Å²) in [6.45, 7) is 3.33. The van der Waals surface area contributed by atoms with Crippen molar-refractivity contribution in [2.75, 3.05) is 17.7 Å². The van der Waals surface area contributed by atoms with Crippen molar-refractivity contribution in [2.45, 2.75) is 46.1 Å². The second-order valence-corrected chi connectivity index (χ2v) is 10.4. The van der Waals surface area contributed by atoms with Crippen LogP contribution in [-0.4, -0.2) is 38.3 Å². The van der Waals surface area contributed by atoms with Gasteiger partial charge >= 0.3 is 0 Å². The number of carbonyl (C=O) groups excluding carboxylic acids is 1.